The molecule has 2 aromatic carbocycles. The van der Waals surface area contributed by atoms with Crippen molar-refractivity contribution in [3.63, 3.8) is 0 Å². The summed E-state index contributed by atoms with van der Waals surface area (Å²) in [4.78, 5) is 17.2. The van der Waals surface area contributed by atoms with Crippen molar-refractivity contribution in [2.75, 3.05) is 18.4 Å². The van der Waals surface area contributed by atoms with Crippen LogP contribution in [-0.2, 0) is 10.0 Å². The normalized spacial score (nSPS) is 11.3. The van der Waals surface area contributed by atoms with Crippen molar-refractivity contribution in [1.29, 1.82) is 0 Å². The molecule has 0 saturated carbocycles. The maximum Gasteiger partial charge on any atom is 0.257 e. The Labute approximate surface area is 193 Å². The number of amides is 1. The monoisotopic (exact) mass is 467 g/mol. The van der Waals surface area contributed by atoms with E-state index in [1.165, 1.54) is 63.2 Å². The lowest BCUT2D eigenvalue weighted by molar-refractivity contribution is 0.102. The Morgan fingerprint density at radius 2 is 1.72 bits per heavy atom. The molecule has 0 aliphatic carbocycles. The summed E-state index contributed by atoms with van der Waals surface area (Å²) < 4.78 is 26.8. The zero-order chi connectivity index (χ0) is 23.3. The minimum absolute atomic E-state index is 0.101. The number of anilines is 1. The molecule has 0 bridgehead atoms. The van der Waals surface area contributed by atoms with Crippen LogP contribution in [0.3, 0.4) is 0 Å². The third kappa shape index (κ3) is 5.21. The maximum atomic E-state index is 12.8. The van der Waals surface area contributed by atoms with Crippen LogP contribution in [0, 0.1) is 13.8 Å². The van der Waals surface area contributed by atoms with Gasteiger partial charge in [0.15, 0.2) is 5.13 Å². The van der Waals surface area contributed by atoms with E-state index in [9.17, 15) is 13.2 Å². The molecule has 0 atom stereocenters. The summed E-state index contributed by atoms with van der Waals surface area (Å²) in [5.74, 6) is -0.357. The summed E-state index contributed by atoms with van der Waals surface area (Å²) in [7, 11) is -3.71. The minimum Gasteiger partial charge on any atom is -0.298 e. The highest BCUT2D eigenvalue weighted by atomic mass is 32.2. The molecule has 166 valence electrons. The van der Waals surface area contributed by atoms with Gasteiger partial charge in [-0.25, -0.2) is 13.4 Å². The third-order valence-corrected chi connectivity index (χ3v) is 7.55. The number of hydrogen-bond acceptors (Lipinski definition) is 5. The molecule has 1 N–H and O–H groups in total. The van der Waals surface area contributed by atoms with Crippen molar-refractivity contribution in [1.82, 2.24) is 9.29 Å². The van der Waals surface area contributed by atoms with E-state index < -0.39 is 10.0 Å². The van der Waals surface area contributed by atoms with Gasteiger partial charge in [0.1, 0.15) is 0 Å². The number of hydrogen-bond donors (Lipinski definition) is 1. The molecule has 1 heterocycles. The summed E-state index contributed by atoms with van der Waals surface area (Å²) in [6.45, 7) is 11.6. The fraction of sp³-hybridized carbons (Fsp3) is 0.167. The van der Waals surface area contributed by atoms with Gasteiger partial charge in [-0.05, 0) is 55.3 Å². The highest BCUT2D eigenvalue weighted by Gasteiger charge is 2.22. The first-order valence-corrected chi connectivity index (χ1v) is 12.2. The number of carbonyl (C=O) groups is 1. The number of sulfonamides is 1. The number of rotatable bonds is 9. The van der Waals surface area contributed by atoms with Gasteiger partial charge in [-0.1, -0.05) is 24.3 Å². The molecule has 1 amide bonds. The number of aromatic nitrogens is 1. The molecule has 0 spiro atoms. The van der Waals surface area contributed by atoms with Gasteiger partial charge in [0, 0.05) is 29.6 Å². The zero-order valence-corrected chi connectivity index (χ0v) is 19.7. The van der Waals surface area contributed by atoms with Crippen LogP contribution < -0.4 is 5.32 Å². The number of thiazole rings is 1. The van der Waals surface area contributed by atoms with Gasteiger partial charge in [-0.2, -0.15) is 4.31 Å². The van der Waals surface area contributed by atoms with Crippen LogP contribution in [0.4, 0.5) is 5.13 Å². The van der Waals surface area contributed by atoms with E-state index in [2.05, 4.69) is 36.4 Å². The maximum absolute atomic E-state index is 12.8. The van der Waals surface area contributed by atoms with Gasteiger partial charge < -0.3 is 0 Å². The summed E-state index contributed by atoms with van der Waals surface area (Å²) in [6.07, 6.45) is 3.03. The Kier molecular flexibility index (Phi) is 7.40. The minimum atomic E-state index is -3.71. The second-order valence-electron chi connectivity index (χ2n) is 7.21. The molecule has 6 nitrogen and oxygen atoms in total. The van der Waals surface area contributed by atoms with Gasteiger partial charge in [0.05, 0.1) is 10.6 Å². The second kappa shape index (κ2) is 10.0. The average Bonchev–Trinajstić information content (AvgIpc) is 3.24. The molecule has 0 saturated heterocycles. The summed E-state index contributed by atoms with van der Waals surface area (Å²) in [5.41, 5.74) is 4.50. The highest BCUT2D eigenvalue weighted by molar-refractivity contribution is 7.89. The van der Waals surface area contributed by atoms with Gasteiger partial charge in [0.2, 0.25) is 10.0 Å². The topological polar surface area (TPSA) is 79.4 Å². The molecule has 1 aromatic heterocycles. The fourth-order valence-corrected chi connectivity index (χ4v) is 5.12. The SMILES string of the molecule is C=CCN(CC=C)S(=O)(=O)c1ccc(C(=O)Nc2nc(-c3ccc(C)c(C)c3)cs2)cc1. The Bertz CT molecular complexity index is 1240. The molecule has 0 aliphatic rings. The molecule has 3 rings (SSSR count). The van der Waals surface area contributed by atoms with Crippen molar-refractivity contribution < 1.29 is 13.2 Å². The van der Waals surface area contributed by atoms with Crippen molar-refractivity contribution in [2.24, 2.45) is 0 Å². The van der Waals surface area contributed by atoms with Crippen LogP contribution >= 0.6 is 11.3 Å². The molecular weight excluding hydrogens is 442 g/mol. The fourth-order valence-electron chi connectivity index (χ4n) is 3.02. The quantitative estimate of drug-likeness (QED) is 0.447. The Hall–Kier alpha value is -3.07. The van der Waals surface area contributed by atoms with E-state index in [0.29, 0.717) is 10.7 Å². The average molecular weight is 468 g/mol. The zero-order valence-electron chi connectivity index (χ0n) is 18.0. The van der Waals surface area contributed by atoms with Crippen LogP contribution in [0.2, 0.25) is 0 Å². The number of nitrogens with one attached hydrogen (secondary N) is 1. The number of nitrogens with zero attached hydrogens (tertiary/aromatic N) is 2. The van der Waals surface area contributed by atoms with Crippen LogP contribution in [0.25, 0.3) is 11.3 Å². The van der Waals surface area contributed by atoms with Gasteiger partial charge >= 0.3 is 0 Å². The standard InChI is InChI=1S/C24H25N3O3S2/c1-5-13-27(14-6-2)32(29,30)21-11-9-19(10-12-21)23(28)26-24-25-22(16-31-24)20-8-7-17(3)18(4)15-20/h5-12,15-16H,1-2,13-14H2,3-4H3,(H,25,26,28). The van der Waals surface area contributed by atoms with Crippen molar-refractivity contribution >= 4 is 32.4 Å². The number of benzene rings is 2. The number of carbonyl (C=O) groups excluding carboxylic acids is 1. The third-order valence-electron chi connectivity index (χ3n) is 4.95. The summed E-state index contributed by atoms with van der Waals surface area (Å²) in [6, 6.07) is 11.9. The van der Waals surface area contributed by atoms with Crippen molar-refractivity contribution in [2.45, 2.75) is 18.7 Å². The smallest absolute Gasteiger partial charge is 0.257 e. The van der Waals surface area contributed by atoms with E-state index in [-0.39, 0.29) is 23.9 Å². The Balaban J connectivity index is 1.74. The molecule has 0 aliphatic heterocycles. The van der Waals surface area contributed by atoms with Crippen LogP contribution in [-0.4, -0.2) is 36.7 Å². The number of aryl methyl sites for hydroxylation is 2. The summed E-state index contributed by atoms with van der Waals surface area (Å²) in [5, 5.41) is 5.15. The largest absolute Gasteiger partial charge is 0.298 e. The first-order valence-electron chi connectivity index (χ1n) is 9.92. The lowest BCUT2D eigenvalue weighted by Gasteiger charge is -2.19. The predicted molar refractivity (Wildman–Crippen MR) is 131 cm³/mol. The Morgan fingerprint density at radius 3 is 2.31 bits per heavy atom. The summed E-state index contributed by atoms with van der Waals surface area (Å²) >= 11 is 1.34. The Morgan fingerprint density at radius 1 is 1.06 bits per heavy atom. The van der Waals surface area contributed by atoms with E-state index >= 15 is 0 Å². The van der Waals surface area contributed by atoms with Gasteiger partial charge in [-0.3, -0.25) is 10.1 Å². The first-order chi connectivity index (χ1) is 15.3. The lowest BCUT2D eigenvalue weighted by Crippen LogP contribution is -2.31. The highest BCUT2D eigenvalue weighted by Crippen LogP contribution is 2.27. The van der Waals surface area contributed by atoms with Gasteiger partial charge in [0.25, 0.3) is 5.91 Å². The lowest BCUT2D eigenvalue weighted by atomic mass is 10.1. The molecule has 32 heavy (non-hydrogen) atoms. The van der Waals surface area contributed by atoms with E-state index in [4.69, 9.17) is 0 Å². The molecule has 0 unspecified atom stereocenters. The molecule has 0 radical (unpaired) electrons. The van der Waals surface area contributed by atoms with Crippen molar-refractivity contribution in [3.05, 3.63) is 89.8 Å². The molecule has 0 fully saturated rings. The predicted octanol–water partition coefficient (Wildman–Crippen LogP) is 5.04. The van der Waals surface area contributed by atoms with Crippen LogP contribution in [0.1, 0.15) is 21.5 Å². The first kappa shape index (κ1) is 23.6. The second-order valence-corrected chi connectivity index (χ2v) is 10.0. The van der Waals surface area contributed by atoms with E-state index in [0.717, 1.165) is 11.3 Å². The molecule has 3 aromatic rings. The van der Waals surface area contributed by atoms with Crippen molar-refractivity contribution in [3.8, 4) is 11.3 Å². The molecular formula is C24H25N3O3S2. The van der Waals surface area contributed by atoms with E-state index in [1.54, 1.807) is 0 Å². The van der Waals surface area contributed by atoms with Gasteiger partial charge in [-0.15, -0.1) is 24.5 Å². The molecule has 8 heteroatoms. The van der Waals surface area contributed by atoms with Crippen LogP contribution in [0.15, 0.2) is 78.1 Å². The van der Waals surface area contributed by atoms with Crippen LogP contribution in [0.5, 0.6) is 0 Å². The van der Waals surface area contributed by atoms with E-state index in [1.807, 2.05) is 24.4 Å².